The molecule has 120 valence electrons. The van der Waals surface area contributed by atoms with Crippen LogP contribution >= 0.6 is 11.5 Å². The molecule has 0 radical (unpaired) electrons. The average Bonchev–Trinajstić information content (AvgIpc) is 3.20. The molecule has 1 aromatic carbocycles. The van der Waals surface area contributed by atoms with E-state index < -0.39 is 0 Å². The minimum absolute atomic E-state index is 0.0440. The average molecular weight is 328 g/mol. The molecular weight excluding hydrogens is 308 g/mol. The number of fused-ring (bicyclic) bond motifs is 1. The molecule has 0 aliphatic heterocycles. The number of para-hydroxylation sites is 1. The van der Waals surface area contributed by atoms with E-state index in [0.29, 0.717) is 12.2 Å². The minimum atomic E-state index is -0.0440. The summed E-state index contributed by atoms with van der Waals surface area (Å²) in [4.78, 5) is 14.5. The van der Waals surface area contributed by atoms with Crippen molar-refractivity contribution in [1.29, 1.82) is 0 Å². The Morgan fingerprint density at radius 3 is 2.87 bits per heavy atom. The summed E-state index contributed by atoms with van der Waals surface area (Å²) in [7, 11) is 2.05. The molecule has 3 rings (SSSR count). The van der Waals surface area contributed by atoms with Gasteiger partial charge in [0.2, 0.25) is 0 Å². The van der Waals surface area contributed by atoms with Gasteiger partial charge < -0.3 is 9.47 Å². The Kier molecular flexibility index (Phi) is 4.71. The normalized spacial score (nSPS) is 11.0. The molecule has 6 heteroatoms. The van der Waals surface area contributed by atoms with E-state index in [1.807, 2.05) is 24.1 Å². The van der Waals surface area contributed by atoms with Crippen LogP contribution in [0.4, 0.5) is 0 Å². The van der Waals surface area contributed by atoms with Crippen LogP contribution < -0.4 is 0 Å². The second-order valence-electron chi connectivity index (χ2n) is 5.62. The highest BCUT2D eigenvalue weighted by Gasteiger charge is 2.19. The lowest BCUT2D eigenvalue weighted by Crippen LogP contribution is -2.32. The van der Waals surface area contributed by atoms with Gasteiger partial charge in [-0.2, -0.15) is 0 Å². The van der Waals surface area contributed by atoms with Gasteiger partial charge in [-0.15, -0.1) is 5.10 Å². The first kappa shape index (κ1) is 15.7. The van der Waals surface area contributed by atoms with Crippen molar-refractivity contribution in [3.8, 4) is 0 Å². The molecule has 1 amide bonds. The summed E-state index contributed by atoms with van der Waals surface area (Å²) >= 11 is 1.21. The molecule has 0 saturated carbocycles. The Balaban J connectivity index is 1.87. The molecule has 0 unspecified atom stereocenters. The molecule has 0 aliphatic carbocycles. The molecule has 3 aromatic rings. The van der Waals surface area contributed by atoms with E-state index in [0.717, 1.165) is 25.1 Å². The molecule has 0 saturated heterocycles. The highest BCUT2D eigenvalue weighted by molar-refractivity contribution is 7.03. The Bertz CT molecular complexity index is 794. The quantitative estimate of drug-likeness (QED) is 0.696. The van der Waals surface area contributed by atoms with Gasteiger partial charge in [-0.1, -0.05) is 36.0 Å². The fourth-order valence-electron chi connectivity index (χ4n) is 2.71. The SMILES string of the molecule is CCCCN(Cc1cc2ccccc2n1C)C(=O)c1csnn1. The highest BCUT2D eigenvalue weighted by atomic mass is 32.1. The predicted molar refractivity (Wildman–Crippen MR) is 92.5 cm³/mol. The van der Waals surface area contributed by atoms with Gasteiger partial charge >= 0.3 is 0 Å². The number of carbonyl (C=O) groups is 1. The lowest BCUT2D eigenvalue weighted by atomic mass is 10.2. The Labute approximate surface area is 139 Å². The van der Waals surface area contributed by atoms with Crippen LogP contribution in [0.5, 0.6) is 0 Å². The van der Waals surface area contributed by atoms with Crippen LogP contribution in [0.1, 0.15) is 35.9 Å². The number of rotatable bonds is 6. The molecule has 2 aromatic heterocycles. The highest BCUT2D eigenvalue weighted by Crippen LogP contribution is 2.20. The summed E-state index contributed by atoms with van der Waals surface area (Å²) in [5, 5.41) is 6.83. The monoisotopic (exact) mass is 328 g/mol. The third-order valence-electron chi connectivity index (χ3n) is 4.05. The van der Waals surface area contributed by atoms with Gasteiger partial charge in [-0.25, -0.2) is 0 Å². The second kappa shape index (κ2) is 6.91. The molecule has 23 heavy (non-hydrogen) atoms. The third kappa shape index (κ3) is 3.27. The standard InChI is InChI=1S/C17H20N4OS/c1-3-4-9-21(17(22)15-12-23-19-18-15)11-14-10-13-7-5-6-8-16(13)20(14)2/h5-8,10,12H,3-4,9,11H2,1-2H3. The molecular formula is C17H20N4OS. The maximum Gasteiger partial charge on any atom is 0.275 e. The number of carbonyl (C=O) groups excluding carboxylic acids is 1. The number of aromatic nitrogens is 3. The van der Waals surface area contributed by atoms with Gasteiger partial charge in [-0.05, 0) is 35.5 Å². The van der Waals surface area contributed by atoms with E-state index in [4.69, 9.17) is 0 Å². The van der Waals surface area contributed by atoms with E-state index in [1.165, 1.54) is 22.4 Å². The van der Waals surface area contributed by atoms with Crippen LogP contribution in [0.2, 0.25) is 0 Å². The number of nitrogens with zero attached hydrogens (tertiary/aromatic N) is 4. The summed E-state index contributed by atoms with van der Waals surface area (Å²) in [6.45, 7) is 3.44. The van der Waals surface area contributed by atoms with Crippen molar-refractivity contribution in [3.63, 3.8) is 0 Å². The first-order valence-corrected chi connectivity index (χ1v) is 8.64. The minimum Gasteiger partial charge on any atom is -0.346 e. The van der Waals surface area contributed by atoms with Crippen LogP contribution in [-0.2, 0) is 13.6 Å². The molecule has 0 aliphatic rings. The van der Waals surface area contributed by atoms with Gasteiger partial charge in [0.1, 0.15) is 0 Å². The Morgan fingerprint density at radius 2 is 2.17 bits per heavy atom. The van der Waals surface area contributed by atoms with Gasteiger partial charge in [0, 0.05) is 30.2 Å². The number of hydrogen-bond donors (Lipinski definition) is 0. The fourth-order valence-corrected chi connectivity index (χ4v) is 3.14. The van der Waals surface area contributed by atoms with Crippen molar-refractivity contribution >= 4 is 28.3 Å². The fraction of sp³-hybridized carbons (Fsp3) is 0.353. The molecule has 0 fully saturated rings. The first-order chi connectivity index (χ1) is 11.2. The van der Waals surface area contributed by atoms with Crippen molar-refractivity contribution in [2.75, 3.05) is 6.54 Å². The molecule has 5 nitrogen and oxygen atoms in total. The topological polar surface area (TPSA) is 51.0 Å². The van der Waals surface area contributed by atoms with Crippen LogP contribution in [0.3, 0.4) is 0 Å². The van der Waals surface area contributed by atoms with Crippen LogP contribution in [0.15, 0.2) is 35.7 Å². The van der Waals surface area contributed by atoms with Crippen molar-refractivity contribution in [1.82, 2.24) is 19.1 Å². The maximum absolute atomic E-state index is 12.7. The van der Waals surface area contributed by atoms with Crippen molar-refractivity contribution in [2.24, 2.45) is 7.05 Å². The molecule has 0 bridgehead atoms. The lowest BCUT2D eigenvalue weighted by Gasteiger charge is -2.22. The van der Waals surface area contributed by atoms with E-state index in [-0.39, 0.29) is 5.91 Å². The maximum atomic E-state index is 12.7. The van der Waals surface area contributed by atoms with Gasteiger partial charge in [0.05, 0.1) is 6.54 Å². The summed E-state index contributed by atoms with van der Waals surface area (Å²) in [5.74, 6) is -0.0440. The number of benzene rings is 1. The summed E-state index contributed by atoms with van der Waals surface area (Å²) < 4.78 is 5.96. The summed E-state index contributed by atoms with van der Waals surface area (Å²) in [6, 6.07) is 10.4. The number of unbranched alkanes of at least 4 members (excludes halogenated alkanes) is 1. The van der Waals surface area contributed by atoms with Crippen LogP contribution in [0.25, 0.3) is 10.9 Å². The lowest BCUT2D eigenvalue weighted by molar-refractivity contribution is 0.0731. The summed E-state index contributed by atoms with van der Waals surface area (Å²) in [6.07, 6.45) is 2.03. The van der Waals surface area contributed by atoms with E-state index >= 15 is 0 Å². The zero-order valence-electron chi connectivity index (χ0n) is 13.4. The largest absolute Gasteiger partial charge is 0.346 e. The van der Waals surface area contributed by atoms with Crippen molar-refractivity contribution < 1.29 is 4.79 Å². The second-order valence-corrected chi connectivity index (χ2v) is 6.23. The number of hydrogen-bond acceptors (Lipinski definition) is 4. The van der Waals surface area contributed by atoms with Gasteiger partial charge in [0.15, 0.2) is 5.69 Å². The number of aryl methyl sites for hydroxylation is 1. The zero-order valence-corrected chi connectivity index (χ0v) is 14.2. The zero-order chi connectivity index (χ0) is 16.2. The van der Waals surface area contributed by atoms with E-state index in [9.17, 15) is 4.79 Å². The third-order valence-corrected chi connectivity index (χ3v) is 4.56. The van der Waals surface area contributed by atoms with Gasteiger partial charge in [-0.3, -0.25) is 4.79 Å². The van der Waals surface area contributed by atoms with Gasteiger partial charge in [0.25, 0.3) is 5.91 Å². The van der Waals surface area contributed by atoms with E-state index in [1.54, 1.807) is 5.38 Å². The summed E-state index contributed by atoms with van der Waals surface area (Å²) in [5.41, 5.74) is 2.74. The smallest absolute Gasteiger partial charge is 0.275 e. The molecule has 2 heterocycles. The Hall–Kier alpha value is -2.21. The van der Waals surface area contributed by atoms with Crippen LogP contribution in [0, 0.1) is 0 Å². The Morgan fingerprint density at radius 1 is 1.35 bits per heavy atom. The molecule has 0 spiro atoms. The van der Waals surface area contributed by atoms with Crippen LogP contribution in [-0.4, -0.2) is 31.5 Å². The van der Waals surface area contributed by atoms with Crippen molar-refractivity contribution in [2.45, 2.75) is 26.3 Å². The number of amides is 1. The molecule has 0 atom stereocenters. The predicted octanol–water partition coefficient (Wildman–Crippen LogP) is 3.47. The first-order valence-electron chi connectivity index (χ1n) is 7.80. The van der Waals surface area contributed by atoms with E-state index in [2.05, 4.69) is 39.3 Å². The molecule has 0 N–H and O–H groups in total. The van der Waals surface area contributed by atoms with Crippen molar-refractivity contribution in [3.05, 3.63) is 47.1 Å².